The Bertz CT molecular complexity index is 175. The molecule has 1 atom stereocenters. The predicted molar refractivity (Wildman–Crippen MR) is 46.6 cm³/mol. The lowest BCUT2D eigenvalue weighted by Crippen LogP contribution is -2.29. The summed E-state index contributed by atoms with van der Waals surface area (Å²) in [5.74, 6) is -0.0978. The van der Waals surface area contributed by atoms with Crippen molar-refractivity contribution < 1.29 is 9.53 Å². The minimum Gasteiger partial charge on any atom is -0.462 e. The SMILES string of the molecule is CCC(C)OC(=O)C1(CN)CC1. The van der Waals surface area contributed by atoms with Gasteiger partial charge in [0.05, 0.1) is 11.5 Å². The first-order chi connectivity index (χ1) is 5.64. The molecule has 0 amide bonds. The molecular formula is C9H17NO2. The third-order valence-corrected chi connectivity index (χ3v) is 2.56. The maximum atomic E-state index is 11.4. The molecule has 2 N–H and O–H groups in total. The fraction of sp³-hybridized carbons (Fsp3) is 0.889. The lowest BCUT2D eigenvalue weighted by molar-refractivity contribution is -0.154. The topological polar surface area (TPSA) is 52.3 Å². The van der Waals surface area contributed by atoms with Crippen LogP contribution >= 0.6 is 0 Å². The minimum atomic E-state index is -0.302. The van der Waals surface area contributed by atoms with E-state index in [4.69, 9.17) is 10.5 Å². The van der Waals surface area contributed by atoms with Gasteiger partial charge in [0.15, 0.2) is 0 Å². The second kappa shape index (κ2) is 3.44. The molecule has 0 saturated heterocycles. The second-order valence-corrected chi connectivity index (χ2v) is 3.61. The monoisotopic (exact) mass is 171 g/mol. The van der Waals surface area contributed by atoms with Crippen LogP contribution in [0.5, 0.6) is 0 Å². The Balaban J connectivity index is 2.38. The van der Waals surface area contributed by atoms with E-state index in [9.17, 15) is 4.79 Å². The maximum Gasteiger partial charge on any atom is 0.313 e. The highest BCUT2D eigenvalue weighted by Gasteiger charge is 2.50. The van der Waals surface area contributed by atoms with E-state index in [1.165, 1.54) is 0 Å². The van der Waals surface area contributed by atoms with Crippen LogP contribution in [0.15, 0.2) is 0 Å². The summed E-state index contributed by atoms with van der Waals surface area (Å²) in [6.07, 6.45) is 2.70. The molecule has 0 radical (unpaired) electrons. The molecule has 1 fully saturated rings. The molecule has 3 nitrogen and oxygen atoms in total. The van der Waals surface area contributed by atoms with E-state index in [0.29, 0.717) is 6.54 Å². The first-order valence-corrected chi connectivity index (χ1v) is 4.56. The van der Waals surface area contributed by atoms with Crippen LogP contribution < -0.4 is 5.73 Å². The number of ether oxygens (including phenoxy) is 1. The summed E-state index contributed by atoms with van der Waals surface area (Å²) >= 11 is 0. The number of hydrogen-bond acceptors (Lipinski definition) is 3. The number of hydrogen-bond donors (Lipinski definition) is 1. The van der Waals surface area contributed by atoms with Gasteiger partial charge < -0.3 is 10.5 Å². The van der Waals surface area contributed by atoms with Gasteiger partial charge in [-0.2, -0.15) is 0 Å². The highest BCUT2D eigenvalue weighted by Crippen LogP contribution is 2.45. The quantitative estimate of drug-likeness (QED) is 0.644. The van der Waals surface area contributed by atoms with Crippen molar-refractivity contribution >= 4 is 5.97 Å². The summed E-state index contributed by atoms with van der Waals surface area (Å²) < 4.78 is 5.20. The summed E-state index contributed by atoms with van der Waals surface area (Å²) in [5.41, 5.74) is 5.18. The molecule has 70 valence electrons. The number of nitrogens with two attached hydrogens (primary N) is 1. The van der Waals surface area contributed by atoms with E-state index in [1.54, 1.807) is 0 Å². The number of esters is 1. The van der Waals surface area contributed by atoms with Crippen molar-refractivity contribution in [1.29, 1.82) is 0 Å². The van der Waals surface area contributed by atoms with Crippen molar-refractivity contribution in [3.63, 3.8) is 0 Å². The Kier molecular flexibility index (Phi) is 2.73. The molecule has 0 aromatic carbocycles. The summed E-state index contributed by atoms with van der Waals surface area (Å²) in [7, 11) is 0. The predicted octanol–water partition coefficient (Wildman–Crippen LogP) is 1.07. The van der Waals surface area contributed by atoms with Crippen molar-refractivity contribution in [3.05, 3.63) is 0 Å². The molecule has 1 unspecified atom stereocenters. The molecular weight excluding hydrogens is 154 g/mol. The lowest BCUT2D eigenvalue weighted by Gasteiger charge is -2.15. The van der Waals surface area contributed by atoms with Crippen LogP contribution in [0.2, 0.25) is 0 Å². The first-order valence-electron chi connectivity index (χ1n) is 4.56. The minimum absolute atomic E-state index is 0.0292. The third kappa shape index (κ3) is 1.78. The van der Waals surface area contributed by atoms with Crippen LogP contribution in [-0.4, -0.2) is 18.6 Å². The normalized spacial score (nSPS) is 21.6. The molecule has 0 spiro atoms. The Labute approximate surface area is 73.3 Å². The lowest BCUT2D eigenvalue weighted by atomic mass is 10.1. The van der Waals surface area contributed by atoms with Crippen molar-refractivity contribution in [2.24, 2.45) is 11.1 Å². The average molecular weight is 171 g/mol. The zero-order valence-corrected chi connectivity index (χ0v) is 7.80. The molecule has 0 aliphatic heterocycles. The molecule has 1 rings (SSSR count). The molecule has 1 aliphatic rings. The van der Waals surface area contributed by atoms with Crippen LogP contribution in [0.4, 0.5) is 0 Å². The summed E-state index contributed by atoms with van der Waals surface area (Å²) in [6.45, 7) is 4.34. The third-order valence-electron chi connectivity index (χ3n) is 2.56. The second-order valence-electron chi connectivity index (χ2n) is 3.61. The van der Waals surface area contributed by atoms with Gasteiger partial charge in [0.25, 0.3) is 0 Å². The van der Waals surface area contributed by atoms with Gasteiger partial charge in [-0.15, -0.1) is 0 Å². The Morgan fingerprint density at radius 2 is 2.25 bits per heavy atom. The maximum absolute atomic E-state index is 11.4. The fourth-order valence-electron chi connectivity index (χ4n) is 1.03. The number of carbonyl (C=O) groups is 1. The average Bonchev–Trinajstić information content (AvgIpc) is 2.84. The first kappa shape index (κ1) is 9.52. The number of carbonyl (C=O) groups excluding carboxylic acids is 1. The van der Waals surface area contributed by atoms with Crippen molar-refractivity contribution in [2.45, 2.75) is 39.2 Å². The van der Waals surface area contributed by atoms with Gasteiger partial charge in [-0.1, -0.05) is 6.92 Å². The van der Waals surface area contributed by atoms with Crippen molar-refractivity contribution in [3.8, 4) is 0 Å². The van der Waals surface area contributed by atoms with Crippen molar-refractivity contribution in [1.82, 2.24) is 0 Å². The zero-order chi connectivity index (χ0) is 9.19. The zero-order valence-electron chi connectivity index (χ0n) is 7.80. The van der Waals surface area contributed by atoms with Gasteiger partial charge in [-0.3, -0.25) is 4.79 Å². The van der Waals surface area contributed by atoms with Crippen LogP contribution in [0.25, 0.3) is 0 Å². The fourth-order valence-corrected chi connectivity index (χ4v) is 1.03. The van der Waals surface area contributed by atoms with Crippen LogP contribution in [0.3, 0.4) is 0 Å². The van der Waals surface area contributed by atoms with E-state index in [1.807, 2.05) is 13.8 Å². The Hall–Kier alpha value is -0.570. The van der Waals surface area contributed by atoms with E-state index < -0.39 is 0 Å². The largest absolute Gasteiger partial charge is 0.462 e. The molecule has 3 heteroatoms. The molecule has 0 aromatic heterocycles. The Morgan fingerprint density at radius 1 is 1.67 bits per heavy atom. The van der Waals surface area contributed by atoms with Crippen molar-refractivity contribution in [2.75, 3.05) is 6.54 Å². The van der Waals surface area contributed by atoms with E-state index in [2.05, 4.69) is 0 Å². The van der Waals surface area contributed by atoms with E-state index in [0.717, 1.165) is 19.3 Å². The van der Waals surface area contributed by atoms with Crippen LogP contribution in [0, 0.1) is 5.41 Å². The van der Waals surface area contributed by atoms with Crippen LogP contribution in [-0.2, 0) is 9.53 Å². The number of rotatable bonds is 4. The highest BCUT2D eigenvalue weighted by molar-refractivity contribution is 5.80. The standard InChI is InChI=1S/C9H17NO2/c1-3-7(2)12-8(11)9(6-10)4-5-9/h7H,3-6,10H2,1-2H3. The molecule has 0 bridgehead atoms. The Morgan fingerprint density at radius 3 is 2.58 bits per heavy atom. The van der Waals surface area contributed by atoms with Gasteiger partial charge in [0, 0.05) is 6.54 Å². The van der Waals surface area contributed by atoms with Gasteiger partial charge in [-0.05, 0) is 26.2 Å². The van der Waals surface area contributed by atoms with E-state index >= 15 is 0 Å². The summed E-state index contributed by atoms with van der Waals surface area (Å²) in [5, 5.41) is 0. The van der Waals surface area contributed by atoms with Crippen LogP contribution in [0.1, 0.15) is 33.1 Å². The van der Waals surface area contributed by atoms with Gasteiger partial charge in [-0.25, -0.2) is 0 Å². The molecule has 12 heavy (non-hydrogen) atoms. The van der Waals surface area contributed by atoms with Gasteiger partial charge in [0.1, 0.15) is 0 Å². The highest BCUT2D eigenvalue weighted by atomic mass is 16.5. The molecule has 1 saturated carbocycles. The van der Waals surface area contributed by atoms with Gasteiger partial charge in [0.2, 0.25) is 0 Å². The van der Waals surface area contributed by atoms with Gasteiger partial charge >= 0.3 is 5.97 Å². The molecule has 0 aromatic rings. The molecule has 0 heterocycles. The smallest absolute Gasteiger partial charge is 0.313 e. The summed E-state index contributed by atoms with van der Waals surface area (Å²) in [6, 6.07) is 0. The summed E-state index contributed by atoms with van der Waals surface area (Å²) in [4.78, 5) is 11.4. The molecule has 1 aliphatic carbocycles. The van der Waals surface area contributed by atoms with E-state index in [-0.39, 0.29) is 17.5 Å².